The summed E-state index contributed by atoms with van der Waals surface area (Å²) in [7, 11) is 0. The van der Waals surface area contributed by atoms with Crippen LogP contribution in [0.3, 0.4) is 0 Å². The third-order valence-corrected chi connectivity index (χ3v) is 2.44. The van der Waals surface area contributed by atoms with Crippen molar-refractivity contribution in [1.82, 2.24) is 0 Å². The second kappa shape index (κ2) is 5.63. The maximum absolute atomic E-state index is 8.89. The summed E-state index contributed by atoms with van der Waals surface area (Å²) in [5, 5.41) is 20.6. The predicted octanol–water partition coefficient (Wildman–Crippen LogP) is 2.12. The van der Waals surface area contributed by atoms with Crippen molar-refractivity contribution in [3.63, 3.8) is 0 Å². The molecule has 0 spiro atoms. The van der Waals surface area contributed by atoms with Crippen molar-refractivity contribution in [3.8, 4) is 6.07 Å². The van der Waals surface area contributed by atoms with E-state index >= 15 is 0 Å². The zero-order valence-corrected chi connectivity index (χ0v) is 9.21. The molecule has 0 radical (unpaired) electrons. The number of nitrogens with one attached hydrogen (secondary N) is 1. The lowest BCUT2D eigenvalue weighted by Gasteiger charge is -2.07. The van der Waals surface area contributed by atoms with Crippen molar-refractivity contribution in [3.05, 3.63) is 28.2 Å². The van der Waals surface area contributed by atoms with Crippen molar-refractivity contribution < 1.29 is 5.11 Å². The summed E-state index contributed by atoms with van der Waals surface area (Å²) in [6.07, 6.45) is 0.678. The van der Waals surface area contributed by atoms with E-state index in [0.29, 0.717) is 18.5 Å². The maximum Gasteiger partial charge on any atom is 0.103 e. The number of hydrogen-bond acceptors (Lipinski definition) is 3. The number of aliphatic hydroxyl groups excluding tert-OH is 1. The topological polar surface area (TPSA) is 56.0 Å². The molecule has 1 aromatic carbocycles. The first-order chi connectivity index (χ1) is 6.79. The molecular weight excluding hydrogens is 244 g/mol. The molecule has 0 aromatic heterocycles. The molecule has 4 heteroatoms. The van der Waals surface area contributed by atoms with Crippen molar-refractivity contribution in [1.29, 1.82) is 5.26 Å². The maximum atomic E-state index is 8.89. The van der Waals surface area contributed by atoms with Crippen LogP contribution in [0, 0.1) is 11.3 Å². The molecule has 1 rings (SSSR count). The summed E-state index contributed by atoms with van der Waals surface area (Å²) in [5.74, 6) is 0. The summed E-state index contributed by atoms with van der Waals surface area (Å²) >= 11 is 3.30. The number of aliphatic hydroxyl groups is 1. The molecule has 0 aliphatic carbocycles. The lowest BCUT2D eigenvalue weighted by molar-refractivity contribution is 0.292. The number of nitriles is 1. The van der Waals surface area contributed by atoms with Crippen molar-refractivity contribution >= 4 is 21.6 Å². The summed E-state index contributed by atoms with van der Waals surface area (Å²) in [6.45, 7) is 0.824. The zero-order valence-electron chi connectivity index (χ0n) is 7.63. The highest BCUT2D eigenvalue weighted by Gasteiger charge is 2.04. The van der Waals surface area contributed by atoms with Crippen LogP contribution in [-0.2, 0) is 0 Å². The van der Waals surface area contributed by atoms with Gasteiger partial charge in [-0.2, -0.15) is 5.26 Å². The van der Waals surface area contributed by atoms with Gasteiger partial charge in [0, 0.05) is 17.6 Å². The summed E-state index contributed by atoms with van der Waals surface area (Å²) in [4.78, 5) is 0. The smallest absolute Gasteiger partial charge is 0.103 e. The van der Waals surface area contributed by atoms with Gasteiger partial charge >= 0.3 is 0 Å². The average molecular weight is 255 g/mol. The van der Waals surface area contributed by atoms with E-state index in [4.69, 9.17) is 10.4 Å². The molecule has 0 aliphatic rings. The molecule has 14 heavy (non-hydrogen) atoms. The van der Waals surface area contributed by atoms with Crippen LogP contribution >= 0.6 is 15.9 Å². The van der Waals surface area contributed by atoms with Crippen LogP contribution in [-0.4, -0.2) is 18.3 Å². The van der Waals surface area contributed by atoms with Crippen LogP contribution < -0.4 is 5.32 Å². The molecule has 0 atom stereocenters. The van der Waals surface area contributed by atoms with E-state index in [2.05, 4.69) is 27.3 Å². The van der Waals surface area contributed by atoms with Crippen molar-refractivity contribution in [2.75, 3.05) is 18.5 Å². The van der Waals surface area contributed by atoms with Crippen LogP contribution in [0.4, 0.5) is 5.69 Å². The molecule has 0 unspecified atom stereocenters. The van der Waals surface area contributed by atoms with Gasteiger partial charge in [-0.1, -0.05) is 6.07 Å². The number of hydrogen-bond donors (Lipinski definition) is 2. The van der Waals surface area contributed by atoms with Crippen LogP contribution in [0.5, 0.6) is 0 Å². The van der Waals surface area contributed by atoms with Crippen molar-refractivity contribution in [2.45, 2.75) is 6.42 Å². The van der Waals surface area contributed by atoms with Crippen molar-refractivity contribution in [2.24, 2.45) is 0 Å². The number of benzene rings is 1. The van der Waals surface area contributed by atoms with Gasteiger partial charge in [0.15, 0.2) is 0 Å². The normalized spacial score (nSPS) is 9.50. The van der Waals surface area contributed by atoms with Gasteiger partial charge in [-0.3, -0.25) is 0 Å². The van der Waals surface area contributed by atoms with Gasteiger partial charge in [0.2, 0.25) is 0 Å². The Kier molecular flexibility index (Phi) is 4.44. The second-order valence-electron chi connectivity index (χ2n) is 2.78. The lowest BCUT2D eigenvalue weighted by atomic mass is 10.2. The van der Waals surface area contributed by atoms with Gasteiger partial charge < -0.3 is 10.4 Å². The van der Waals surface area contributed by atoms with Crippen LogP contribution in [0.1, 0.15) is 12.0 Å². The Morgan fingerprint density at radius 1 is 1.50 bits per heavy atom. The summed E-state index contributed by atoms with van der Waals surface area (Å²) < 4.78 is 0.786. The molecule has 0 saturated carbocycles. The van der Waals surface area contributed by atoms with E-state index in [-0.39, 0.29) is 6.61 Å². The molecule has 2 N–H and O–H groups in total. The largest absolute Gasteiger partial charge is 0.396 e. The SMILES string of the molecule is N#Cc1c(Br)cccc1NCCCO. The minimum atomic E-state index is 0.156. The third-order valence-electron chi connectivity index (χ3n) is 1.78. The van der Waals surface area contributed by atoms with Crippen LogP contribution in [0.15, 0.2) is 22.7 Å². The Balaban J connectivity index is 2.76. The third kappa shape index (κ3) is 2.72. The molecule has 0 heterocycles. The first-order valence-electron chi connectivity index (χ1n) is 4.33. The minimum absolute atomic E-state index is 0.156. The number of anilines is 1. The van der Waals surface area contributed by atoms with E-state index in [1.165, 1.54) is 0 Å². The molecular formula is C10H11BrN2O. The Bertz CT molecular complexity index is 346. The standard InChI is InChI=1S/C10H11BrN2O/c11-9-3-1-4-10(8(9)7-12)13-5-2-6-14/h1,3-4,13-14H,2,5-6H2. The molecule has 3 nitrogen and oxygen atoms in total. The fourth-order valence-corrected chi connectivity index (χ4v) is 1.54. The lowest BCUT2D eigenvalue weighted by Crippen LogP contribution is -2.04. The Labute approximate surface area is 91.5 Å². The monoisotopic (exact) mass is 254 g/mol. The highest BCUT2D eigenvalue weighted by Crippen LogP contribution is 2.23. The number of nitrogens with zero attached hydrogens (tertiary/aromatic N) is 1. The van der Waals surface area contributed by atoms with Gasteiger partial charge in [-0.05, 0) is 34.5 Å². The molecule has 0 amide bonds. The fourth-order valence-electron chi connectivity index (χ4n) is 1.09. The quantitative estimate of drug-likeness (QED) is 0.810. The van der Waals surface area contributed by atoms with E-state index in [1.54, 1.807) is 0 Å². The zero-order chi connectivity index (χ0) is 10.4. The highest BCUT2D eigenvalue weighted by molar-refractivity contribution is 9.10. The van der Waals surface area contributed by atoms with Gasteiger partial charge in [0.1, 0.15) is 6.07 Å². The second-order valence-corrected chi connectivity index (χ2v) is 3.63. The van der Waals surface area contributed by atoms with Crippen LogP contribution in [0.2, 0.25) is 0 Å². The Morgan fingerprint density at radius 3 is 2.93 bits per heavy atom. The van der Waals surface area contributed by atoms with E-state index in [0.717, 1.165) is 10.2 Å². The number of rotatable bonds is 4. The molecule has 0 saturated heterocycles. The van der Waals surface area contributed by atoms with Gasteiger partial charge in [-0.15, -0.1) is 0 Å². The summed E-state index contributed by atoms with van der Waals surface area (Å²) in [6, 6.07) is 7.66. The molecule has 0 aliphatic heterocycles. The summed E-state index contributed by atoms with van der Waals surface area (Å²) in [5.41, 5.74) is 1.40. The average Bonchev–Trinajstić information content (AvgIpc) is 2.18. The van der Waals surface area contributed by atoms with Gasteiger partial charge in [-0.25, -0.2) is 0 Å². The van der Waals surface area contributed by atoms with Crippen LogP contribution in [0.25, 0.3) is 0 Å². The first-order valence-corrected chi connectivity index (χ1v) is 5.12. The Hall–Kier alpha value is -1.05. The van der Waals surface area contributed by atoms with E-state index in [1.807, 2.05) is 18.2 Å². The predicted molar refractivity (Wildman–Crippen MR) is 59.0 cm³/mol. The minimum Gasteiger partial charge on any atom is -0.396 e. The molecule has 0 bridgehead atoms. The molecule has 0 fully saturated rings. The fraction of sp³-hybridized carbons (Fsp3) is 0.300. The van der Waals surface area contributed by atoms with E-state index in [9.17, 15) is 0 Å². The van der Waals surface area contributed by atoms with Gasteiger partial charge in [0.25, 0.3) is 0 Å². The Morgan fingerprint density at radius 2 is 2.29 bits per heavy atom. The van der Waals surface area contributed by atoms with Gasteiger partial charge in [0.05, 0.1) is 11.3 Å². The van der Waals surface area contributed by atoms with E-state index < -0.39 is 0 Å². The molecule has 1 aromatic rings. The number of halogens is 1. The first kappa shape index (κ1) is 11.0. The highest BCUT2D eigenvalue weighted by atomic mass is 79.9. The molecule has 74 valence electrons.